The fraction of sp³-hybridized carbons (Fsp3) is 0.250. The third kappa shape index (κ3) is 4.79. The highest BCUT2D eigenvalue weighted by Crippen LogP contribution is 2.33. The molecule has 0 aliphatic carbocycles. The lowest BCUT2D eigenvalue weighted by Crippen LogP contribution is -2.21. The first-order valence-electron chi connectivity index (χ1n) is 6.60. The molecule has 0 saturated heterocycles. The third-order valence-electron chi connectivity index (χ3n) is 2.85. The lowest BCUT2D eigenvalue weighted by molar-refractivity contribution is 0.482. The van der Waals surface area contributed by atoms with Gasteiger partial charge in [-0.15, -0.1) is 0 Å². The van der Waals surface area contributed by atoms with Crippen molar-refractivity contribution in [2.24, 2.45) is 0 Å². The number of benzene rings is 2. The molecule has 0 fully saturated rings. The van der Waals surface area contributed by atoms with Crippen LogP contribution in [0, 0.1) is 0 Å². The van der Waals surface area contributed by atoms with Crippen molar-refractivity contribution in [1.29, 1.82) is 0 Å². The van der Waals surface area contributed by atoms with Gasteiger partial charge in [0.2, 0.25) is 0 Å². The molecule has 0 unspecified atom stereocenters. The van der Waals surface area contributed by atoms with E-state index < -0.39 is 0 Å². The van der Waals surface area contributed by atoms with E-state index in [1.54, 1.807) is 24.3 Å². The largest absolute Gasteiger partial charge is 0.456 e. The van der Waals surface area contributed by atoms with Crippen molar-refractivity contribution in [1.82, 2.24) is 5.32 Å². The van der Waals surface area contributed by atoms with E-state index in [1.807, 2.05) is 12.1 Å². The fourth-order valence-corrected chi connectivity index (χ4v) is 2.42. The van der Waals surface area contributed by atoms with Crippen LogP contribution >= 0.6 is 34.8 Å². The summed E-state index contributed by atoms with van der Waals surface area (Å²) in [6.45, 7) is 4.90. The minimum Gasteiger partial charge on any atom is -0.456 e. The normalized spacial score (nSPS) is 11.0. The van der Waals surface area contributed by atoms with Crippen LogP contribution in [0.5, 0.6) is 11.5 Å². The summed E-state index contributed by atoms with van der Waals surface area (Å²) in [5.74, 6) is 1.18. The van der Waals surface area contributed by atoms with Crippen LogP contribution in [0.2, 0.25) is 15.1 Å². The first kappa shape index (κ1) is 16.4. The highest BCUT2D eigenvalue weighted by Gasteiger charge is 2.07. The Balaban J connectivity index is 2.12. The Bertz CT molecular complexity index is 629. The molecule has 112 valence electrons. The maximum Gasteiger partial charge on any atom is 0.146 e. The van der Waals surface area contributed by atoms with Crippen LogP contribution in [-0.2, 0) is 6.54 Å². The maximum absolute atomic E-state index is 6.27. The number of hydrogen-bond acceptors (Lipinski definition) is 2. The van der Waals surface area contributed by atoms with Gasteiger partial charge in [0.1, 0.15) is 11.5 Å². The van der Waals surface area contributed by atoms with E-state index in [-0.39, 0.29) is 0 Å². The molecule has 2 aromatic carbocycles. The smallest absolute Gasteiger partial charge is 0.146 e. The molecule has 21 heavy (non-hydrogen) atoms. The van der Waals surface area contributed by atoms with Gasteiger partial charge in [-0.05, 0) is 35.9 Å². The number of nitrogens with one attached hydrogen (secondary N) is 1. The summed E-state index contributed by atoms with van der Waals surface area (Å²) in [4.78, 5) is 0. The summed E-state index contributed by atoms with van der Waals surface area (Å²) >= 11 is 18.2. The Kier molecular flexibility index (Phi) is 5.77. The van der Waals surface area contributed by atoms with Gasteiger partial charge in [-0.1, -0.05) is 54.7 Å². The predicted molar refractivity (Wildman–Crippen MR) is 90.0 cm³/mol. The molecule has 0 spiro atoms. The molecule has 0 aliphatic rings. The zero-order valence-electron chi connectivity index (χ0n) is 11.8. The van der Waals surface area contributed by atoms with Crippen LogP contribution in [-0.4, -0.2) is 6.04 Å². The second-order valence-corrected chi connectivity index (χ2v) is 6.22. The fourth-order valence-electron chi connectivity index (χ4n) is 1.73. The molecule has 0 radical (unpaired) electrons. The molecule has 2 nitrogen and oxygen atoms in total. The van der Waals surface area contributed by atoms with Crippen molar-refractivity contribution < 1.29 is 4.74 Å². The van der Waals surface area contributed by atoms with E-state index in [2.05, 4.69) is 19.2 Å². The molecular formula is C16H16Cl3NO. The number of ether oxygens (including phenoxy) is 1. The van der Waals surface area contributed by atoms with E-state index in [9.17, 15) is 0 Å². The van der Waals surface area contributed by atoms with Crippen LogP contribution in [0.15, 0.2) is 36.4 Å². The van der Waals surface area contributed by atoms with Gasteiger partial charge < -0.3 is 10.1 Å². The van der Waals surface area contributed by atoms with E-state index in [0.29, 0.717) is 32.6 Å². The van der Waals surface area contributed by atoms with E-state index in [1.165, 1.54) is 0 Å². The zero-order valence-corrected chi connectivity index (χ0v) is 14.1. The van der Waals surface area contributed by atoms with E-state index in [4.69, 9.17) is 39.5 Å². The average molecular weight is 345 g/mol. The molecule has 0 amide bonds. The monoisotopic (exact) mass is 343 g/mol. The highest BCUT2D eigenvalue weighted by molar-refractivity contribution is 6.35. The lowest BCUT2D eigenvalue weighted by Gasteiger charge is -2.12. The Morgan fingerprint density at radius 1 is 1.00 bits per heavy atom. The Labute approximate surface area is 140 Å². The van der Waals surface area contributed by atoms with Gasteiger partial charge in [0.25, 0.3) is 0 Å². The summed E-state index contributed by atoms with van der Waals surface area (Å²) in [6.07, 6.45) is 0. The van der Waals surface area contributed by atoms with Crippen LogP contribution in [0.3, 0.4) is 0 Å². The van der Waals surface area contributed by atoms with Crippen LogP contribution in [0.1, 0.15) is 19.4 Å². The van der Waals surface area contributed by atoms with Crippen LogP contribution < -0.4 is 10.1 Å². The maximum atomic E-state index is 6.27. The van der Waals surface area contributed by atoms with Gasteiger partial charge in [-0.3, -0.25) is 0 Å². The van der Waals surface area contributed by atoms with Gasteiger partial charge in [-0.25, -0.2) is 0 Å². The number of rotatable bonds is 5. The first-order chi connectivity index (χ1) is 9.95. The van der Waals surface area contributed by atoms with Gasteiger partial charge in [0.05, 0.1) is 5.02 Å². The SMILES string of the molecule is CC(C)NCc1ccc(Oc2ccc(Cl)cc2Cl)cc1Cl. The lowest BCUT2D eigenvalue weighted by atomic mass is 10.2. The van der Waals surface area contributed by atoms with Gasteiger partial charge >= 0.3 is 0 Å². The van der Waals surface area contributed by atoms with Crippen molar-refractivity contribution in [3.63, 3.8) is 0 Å². The molecular weight excluding hydrogens is 329 g/mol. The van der Waals surface area contributed by atoms with Gasteiger partial charge in [-0.2, -0.15) is 0 Å². The molecule has 5 heteroatoms. The van der Waals surface area contributed by atoms with E-state index >= 15 is 0 Å². The summed E-state index contributed by atoms with van der Waals surface area (Å²) in [5.41, 5.74) is 1.03. The summed E-state index contributed by atoms with van der Waals surface area (Å²) in [5, 5.41) is 5.02. The molecule has 0 atom stereocenters. The number of hydrogen-bond donors (Lipinski definition) is 1. The van der Waals surface area contributed by atoms with Crippen molar-refractivity contribution >= 4 is 34.8 Å². The minimum atomic E-state index is 0.407. The molecule has 0 heterocycles. The van der Waals surface area contributed by atoms with E-state index in [0.717, 1.165) is 12.1 Å². The minimum absolute atomic E-state index is 0.407. The number of halogens is 3. The Morgan fingerprint density at radius 2 is 1.76 bits per heavy atom. The van der Waals surface area contributed by atoms with Gasteiger partial charge in [0, 0.05) is 22.6 Å². The topological polar surface area (TPSA) is 21.3 Å². The van der Waals surface area contributed by atoms with Crippen molar-refractivity contribution in [2.45, 2.75) is 26.4 Å². The highest BCUT2D eigenvalue weighted by atomic mass is 35.5. The standard InChI is InChI=1S/C16H16Cl3NO/c1-10(2)20-9-11-3-5-13(8-14(11)18)21-16-6-4-12(17)7-15(16)19/h3-8,10,20H,9H2,1-2H3. The van der Waals surface area contributed by atoms with Crippen LogP contribution in [0.25, 0.3) is 0 Å². The Hall–Kier alpha value is -0.930. The molecule has 1 N–H and O–H groups in total. The first-order valence-corrected chi connectivity index (χ1v) is 7.74. The molecule has 2 aromatic rings. The summed E-state index contributed by atoms with van der Waals surface area (Å²) in [6, 6.07) is 11.1. The predicted octanol–water partition coefficient (Wildman–Crippen LogP) is 5.94. The average Bonchev–Trinajstić information content (AvgIpc) is 2.41. The Morgan fingerprint density at radius 3 is 2.38 bits per heavy atom. The van der Waals surface area contributed by atoms with Crippen molar-refractivity contribution in [3.8, 4) is 11.5 Å². The molecule has 0 bridgehead atoms. The molecule has 0 aromatic heterocycles. The molecule has 2 rings (SSSR count). The molecule has 0 saturated carbocycles. The van der Waals surface area contributed by atoms with Crippen LogP contribution in [0.4, 0.5) is 0 Å². The second kappa shape index (κ2) is 7.37. The molecule has 0 aliphatic heterocycles. The third-order valence-corrected chi connectivity index (χ3v) is 3.73. The van der Waals surface area contributed by atoms with Crippen molar-refractivity contribution in [3.05, 3.63) is 57.0 Å². The summed E-state index contributed by atoms with van der Waals surface area (Å²) < 4.78 is 5.73. The van der Waals surface area contributed by atoms with Gasteiger partial charge in [0.15, 0.2) is 0 Å². The van der Waals surface area contributed by atoms with Crippen molar-refractivity contribution in [2.75, 3.05) is 0 Å². The second-order valence-electron chi connectivity index (χ2n) is 4.97. The zero-order chi connectivity index (χ0) is 15.4. The quantitative estimate of drug-likeness (QED) is 0.725. The summed E-state index contributed by atoms with van der Waals surface area (Å²) in [7, 11) is 0.